The number of hydrogen-bond acceptors (Lipinski definition) is 6. The van der Waals surface area contributed by atoms with E-state index >= 15 is 0 Å². The summed E-state index contributed by atoms with van der Waals surface area (Å²) in [4.78, 5) is 26.5. The Balaban J connectivity index is 0.000000869. The van der Waals surface area contributed by atoms with Gasteiger partial charge in [-0.1, -0.05) is 60.7 Å². The molecule has 0 atom stereocenters. The molecular formula is C32H24N3NaO4S. The van der Waals surface area contributed by atoms with E-state index in [0.717, 1.165) is 34.9 Å². The molecule has 1 aliphatic rings. The molecule has 41 heavy (non-hydrogen) atoms. The normalized spacial score (nSPS) is 13.8. The molecule has 1 amide bonds. The fourth-order valence-corrected chi connectivity index (χ4v) is 4.53. The zero-order valence-electron chi connectivity index (χ0n) is 22.5. The van der Waals surface area contributed by atoms with Crippen molar-refractivity contribution in [3.63, 3.8) is 0 Å². The first-order valence-corrected chi connectivity index (χ1v) is 13.0. The van der Waals surface area contributed by atoms with Gasteiger partial charge in [-0.3, -0.25) is 14.6 Å². The van der Waals surface area contributed by atoms with Gasteiger partial charge in [-0.2, -0.15) is 23.5 Å². The van der Waals surface area contributed by atoms with E-state index in [1.807, 2.05) is 91.0 Å². The molecule has 0 unspecified atom stereocenters. The van der Waals surface area contributed by atoms with Crippen LogP contribution in [0.5, 0.6) is 5.75 Å². The van der Waals surface area contributed by atoms with Crippen molar-refractivity contribution in [2.45, 2.75) is 13.5 Å². The van der Waals surface area contributed by atoms with Crippen LogP contribution >= 0.6 is 11.8 Å². The number of para-hydroxylation sites is 1. The number of ether oxygens (including phenoxy) is 1. The summed E-state index contributed by atoms with van der Waals surface area (Å²) < 4.78 is 6.11. The van der Waals surface area contributed by atoms with Gasteiger partial charge in [0.25, 0.3) is 11.9 Å². The third-order valence-electron chi connectivity index (χ3n) is 5.49. The predicted molar refractivity (Wildman–Crippen MR) is 157 cm³/mol. The first-order chi connectivity index (χ1) is 19.4. The smallest absolute Gasteiger partial charge is 0.488 e. The molecule has 0 spiro atoms. The number of benzene rings is 4. The van der Waals surface area contributed by atoms with Crippen LogP contribution < -0.4 is 39.6 Å². The molecule has 0 bridgehead atoms. The number of carbonyl (C=O) groups is 2. The number of nitrogens with zero attached hydrogens (tertiary/aromatic N) is 2. The molecule has 4 aromatic rings. The Morgan fingerprint density at radius 1 is 1.05 bits per heavy atom. The van der Waals surface area contributed by atoms with Gasteiger partial charge in [-0.05, 0) is 52.3 Å². The van der Waals surface area contributed by atoms with E-state index in [4.69, 9.17) is 14.6 Å². The predicted octanol–water partition coefficient (Wildman–Crippen LogP) is 3.59. The van der Waals surface area contributed by atoms with Gasteiger partial charge in [0, 0.05) is 12.5 Å². The monoisotopic (exact) mass is 569 g/mol. The Hall–Kier alpha value is -4.13. The van der Waals surface area contributed by atoms with Crippen molar-refractivity contribution in [1.82, 2.24) is 5.32 Å². The Morgan fingerprint density at radius 2 is 1.71 bits per heavy atom. The summed E-state index contributed by atoms with van der Waals surface area (Å²) >= 11 is 1.30. The van der Waals surface area contributed by atoms with Crippen molar-refractivity contribution in [1.29, 1.82) is 5.26 Å². The number of thioether (sulfide) groups is 1. The maximum atomic E-state index is 12.5. The number of carboxylic acid groups (broad SMARTS) is 1. The molecule has 0 saturated carbocycles. The Labute approximate surface area is 264 Å². The first kappa shape index (κ1) is 31.4. The average Bonchev–Trinajstić information content (AvgIpc) is 3.31. The van der Waals surface area contributed by atoms with Crippen LogP contribution in [0.3, 0.4) is 0 Å². The minimum absolute atomic E-state index is 0. The molecule has 5 rings (SSSR count). The maximum Gasteiger partial charge on any atom is 1.00 e. The number of amidine groups is 1. The number of nitriles is 1. The van der Waals surface area contributed by atoms with Gasteiger partial charge in [0.05, 0.1) is 16.5 Å². The van der Waals surface area contributed by atoms with Crippen molar-refractivity contribution < 1.29 is 49.0 Å². The quantitative estimate of drug-likeness (QED) is 0.209. The minimum Gasteiger partial charge on any atom is -0.488 e. The molecule has 4 aromatic carbocycles. The van der Waals surface area contributed by atoms with E-state index in [0.29, 0.717) is 28.0 Å². The molecule has 0 aliphatic carbocycles. The number of aliphatic imine (C=N–C) groups is 1. The number of rotatable bonds is 6. The standard InChI is InChI=1S/C30H20N3O2S.C2H4O2.Na/c31-19-24-9-4-6-12-26(24)22-16-14-21(15-17-22)20-35-27-13-7-5-8-23(27)18-28-29(34)33-30(36-28)32-25-10-2-1-3-11-25;1-2(3)4;/h2-18H,20H2,(H,32,33,34);1H3,(H,3,4);/q-1;;+1. The summed E-state index contributed by atoms with van der Waals surface area (Å²) in [6, 6.07) is 35.6. The summed E-state index contributed by atoms with van der Waals surface area (Å²) in [6.45, 7) is 1.46. The summed E-state index contributed by atoms with van der Waals surface area (Å²) in [5.41, 5.74) is 5.10. The van der Waals surface area contributed by atoms with Crippen molar-refractivity contribution in [3.05, 3.63) is 125 Å². The third-order valence-corrected chi connectivity index (χ3v) is 6.40. The minimum atomic E-state index is -0.833. The zero-order valence-corrected chi connectivity index (χ0v) is 25.3. The van der Waals surface area contributed by atoms with Gasteiger partial charge in [-0.15, -0.1) is 12.1 Å². The molecule has 1 fully saturated rings. The number of aliphatic carboxylic acids is 1. The van der Waals surface area contributed by atoms with Crippen molar-refractivity contribution in [2.75, 3.05) is 0 Å². The van der Waals surface area contributed by atoms with Gasteiger partial charge < -0.3 is 15.2 Å². The number of amides is 1. The number of carboxylic acids is 1. The van der Waals surface area contributed by atoms with Crippen molar-refractivity contribution in [3.8, 4) is 22.9 Å². The number of carbonyl (C=O) groups excluding carboxylic acids is 1. The molecular weight excluding hydrogens is 545 g/mol. The van der Waals surface area contributed by atoms with Crippen molar-refractivity contribution in [2.24, 2.45) is 4.99 Å². The third kappa shape index (κ3) is 9.20. The van der Waals surface area contributed by atoms with Crippen LogP contribution in [-0.2, 0) is 16.2 Å². The van der Waals surface area contributed by atoms with Gasteiger partial charge in [-0.25, -0.2) is 0 Å². The maximum absolute atomic E-state index is 12.5. The van der Waals surface area contributed by atoms with E-state index in [1.54, 1.807) is 12.1 Å². The first-order valence-electron chi connectivity index (χ1n) is 12.2. The van der Waals surface area contributed by atoms with E-state index in [2.05, 4.69) is 22.4 Å². The van der Waals surface area contributed by atoms with Gasteiger partial charge in [0.1, 0.15) is 12.4 Å². The van der Waals surface area contributed by atoms with E-state index < -0.39 is 5.97 Å². The van der Waals surface area contributed by atoms with Crippen LogP contribution in [0.15, 0.2) is 107 Å². The van der Waals surface area contributed by atoms with Crippen molar-refractivity contribution >= 4 is 40.6 Å². The van der Waals surface area contributed by atoms with Crippen LogP contribution in [-0.4, -0.2) is 22.2 Å². The molecule has 7 nitrogen and oxygen atoms in total. The Bertz CT molecular complexity index is 1610. The van der Waals surface area contributed by atoms with Crippen LogP contribution in [0.25, 0.3) is 17.2 Å². The number of nitrogens with one attached hydrogen (secondary N) is 1. The number of hydrogen-bond donors (Lipinski definition) is 2. The molecule has 0 radical (unpaired) electrons. The Morgan fingerprint density at radius 3 is 2.41 bits per heavy atom. The molecule has 1 heterocycles. The molecule has 198 valence electrons. The van der Waals surface area contributed by atoms with Crippen LogP contribution in [0.4, 0.5) is 5.69 Å². The van der Waals surface area contributed by atoms with Crippen LogP contribution in [0.2, 0.25) is 0 Å². The summed E-state index contributed by atoms with van der Waals surface area (Å²) in [5, 5.41) is 20.1. The molecule has 0 aromatic heterocycles. The van der Waals surface area contributed by atoms with E-state index in [9.17, 15) is 10.1 Å². The summed E-state index contributed by atoms with van der Waals surface area (Å²) in [5.74, 6) is -0.342. The van der Waals surface area contributed by atoms with Gasteiger partial charge in [0.2, 0.25) is 0 Å². The molecule has 2 N–H and O–H groups in total. The molecule has 9 heteroatoms. The Kier molecular flexibility index (Phi) is 11.9. The summed E-state index contributed by atoms with van der Waals surface area (Å²) in [6.07, 6.45) is 1.82. The fraction of sp³-hybridized carbons (Fsp3) is 0.0625. The van der Waals surface area contributed by atoms with Gasteiger partial charge in [0.15, 0.2) is 5.17 Å². The topological polar surface area (TPSA) is 112 Å². The average molecular weight is 570 g/mol. The second kappa shape index (κ2) is 15.6. The van der Waals surface area contributed by atoms with Crippen LogP contribution in [0.1, 0.15) is 23.6 Å². The van der Waals surface area contributed by atoms with E-state index in [1.165, 1.54) is 11.8 Å². The van der Waals surface area contributed by atoms with Crippen LogP contribution in [0, 0.1) is 17.4 Å². The van der Waals surface area contributed by atoms with E-state index in [-0.39, 0.29) is 35.5 Å². The second-order valence-corrected chi connectivity index (χ2v) is 9.47. The fourth-order valence-electron chi connectivity index (χ4n) is 3.70. The zero-order chi connectivity index (χ0) is 28.3. The van der Waals surface area contributed by atoms with Gasteiger partial charge >= 0.3 is 29.6 Å². The molecule has 1 aliphatic heterocycles. The second-order valence-electron chi connectivity index (χ2n) is 8.44. The largest absolute Gasteiger partial charge is 1.00 e. The SMILES string of the molecule is CC(=O)O.N#Cc1ccccc1-c1ccc(COc2ccccc2C=C2SC(=Nc3cc[c-]cc3)NC2=O)cc1.[Na+]. The summed E-state index contributed by atoms with van der Waals surface area (Å²) in [7, 11) is 0. The molecule has 1 saturated heterocycles.